The zero-order valence-corrected chi connectivity index (χ0v) is 15.4. The van der Waals surface area contributed by atoms with Crippen LogP contribution < -0.4 is 5.32 Å². The van der Waals surface area contributed by atoms with Gasteiger partial charge in [-0.15, -0.1) is 11.3 Å². The summed E-state index contributed by atoms with van der Waals surface area (Å²) in [5.41, 5.74) is 4.13. The molecular weight excluding hydrogens is 318 g/mol. The van der Waals surface area contributed by atoms with Gasteiger partial charge in [0.1, 0.15) is 0 Å². The van der Waals surface area contributed by atoms with Crippen molar-refractivity contribution in [2.45, 2.75) is 46.1 Å². The number of rotatable bonds is 4. The van der Waals surface area contributed by atoms with Crippen LogP contribution >= 0.6 is 11.3 Å². The number of imidazole rings is 1. The van der Waals surface area contributed by atoms with Gasteiger partial charge in [0.05, 0.1) is 12.1 Å². The molecule has 1 aromatic carbocycles. The minimum absolute atomic E-state index is 0.0322. The van der Waals surface area contributed by atoms with Crippen molar-refractivity contribution in [3.05, 3.63) is 47.1 Å². The Kier molecular flexibility index (Phi) is 4.45. The second-order valence-corrected chi connectivity index (χ2v) is 7.87. The molecule has 0 fully saturated rings. The van der Waals surface area contributed by atoms with E-state index in [9.17, 15) is 4.79 Å². The normalized spacial score (nSPS) is 11.8. The maximum atomic E-state index is 12.2. The summed E-state index contributed by atoms with van der Waals surface area (Å²) in [6, 6.07) is 8.50. The van der Waals surface area contributed by atoms with Gasteiger partial charge in [-0.1, -0.05) is 31.2 Å². The van der Waals surface area contributed by atoms with E-state index in [2.05, 4.69) is 36.5 Å². The highest BCUT2D eigenvalue weighted by Crippen LogP contribution is 2.24. The molecule has 4 nitrogen and oxygen atoms in total. The first kappa shape index (κ1) is 16.7. The maximum Gasteiger partial charge on any atom is 0.226 e. The first-order valence-corrected chi connectivity index (χ1v) is 9.09. The number of thiazole rings is 1. The van der Waals surface area contributed by atoms with Gasteiger partial charge in [-0.2, -0.15) is 0 Å². The van der Waals surface area contributed by atoms with Gasteiger partial charge in [-0.25, -0.2) is 4.98 Å². The fraction of sp³-hybridized carbons (Fsp3) is 0.368. The van der Waals surface area contributed by atoms with Crippen LogP contribution in [0.15, 0.2) is 35.8 Å². The predicted molar refractivity (Wildman–Crippen MR) is 99.5 cm³/mol. The summed E-state index contributed by atoms with van der Waals surface area (Å²) in [5.74, 6) is 0.0322. The number of carbonyl (C=O) groups is 1. The highest BCUT2D eigenvalue weighted by atomic mass is 32.1. The Morgan fingerprint density at radius 1 is 1.25 bits per heavy atom. The van der Waals surface area contributed by atoms with Gasteiger partial charge in [0.25, 0.3) is 0 Å². The number of nitrogens with zero attached hydrogens (tertiary/aromatic N) is 2. The van der Waals surface area contributed by atoms with Crippen molar-refractivity contribution in [3.63, 3.8) is 0 Å². The van der Waals surface area contributed by atoms with Gasteiger partial charge < -0.3 is 5.32 Å². The Hall–Kier alpha value is -2.14. The minimum Gasteiger partial charge on any atom is -0.351 e. The average Bonchev–Trinajstić information content (AvgIpc) is 3.07. The molecule has 2 heterocycles. The smallest absolute Gasteiger partial charge is 0.226 e. The Balaban J connectivity index is 1.84. The molecule has 0 unspecified atom stereocenters. The first-order chi connectivity index (χ1) is 11.4. The second kappa shape index (κ2) is 6.40. The van der Waals surface area contributed by atoms with Crippen LogP contribution in [0.3, 0.4) is 0 Å². The van der Waals surface area contributed by atoms with Crippen LogP contribution in [-0.4, -0.2) is 20.8 Å². The molecule has 1 amide bonds. The molecule has 0 radical (unpaired) electrons. The molecule has 0 saturated carbocycles. The molecule has 0 atom stereocenters. The Labute approximate surface area is 146 Å². The zero-order valence-electron chi connectivity index (χ0n) is 14.6. The van der Waals surface area contributed by atoms with Gasteiger partial charge in [0, 0.05) is 28.4 Å². The molecular formula is C19H23N3OS. The second-order valence-electron chi connectivity index (χ2n) is 7.03. The van der Waals surface area contributed by atoms with E-state index >= 15 is 0 Å². The van der Waals surface area contributed by atoms with Gasteiger partial charge >= 0.3 is 0 Å². The molecule has 5 heteroatoms. The van der Waals surface area contributed by atoms with E-state index in [-0.39, 0.29) is 11.4 Å². The number of fused-ring (bicyclic) bond motifs is 1. The van der Waals surface area contributed by atoms with Crippen molar-refractivity contribution in [1.82, 2.24) is 14.7 Å². The third-order valence-corrected chi connectivity index (χ3v) is 4.69. The summed E-state index contributed by atoms with van der Waals surface area (Å²) in [6.07, 6.45) is 3.42. The lowest BCUT2D eigenvalue weighted by Crippen LogP contribution is -2.41. The van der Waals surface area contributed by atoms with E-state index in [0.29, 0.717) is 6.42 Å². The zero-order chi connectivity index (χ0) is 17.3. The molecule has 0 saturated heterocycles. The van der Waals surface area contributed by atoms with Crippen molar-refractivity contribution in [2.75, 3.05) is 0 Å². The number of hydrogen-bond acceptors (Lipinski definition) is 3. The van der Waals surface area contributed by atoms with Gasteiger partial charge in [0.15, 0.2) is 4.96 Å². The largest absolute Gasteiger partial charge is 0.351 e. The fourth-order valence-electron chi connectivity index (χ4n) is 2.63. The molecule has 3 aromatic rings. The molecule has 0 spiro atoms. The number of aryl methyl sites for hydroxylation is 1. The van der Waals surface area contributed by atoms with Crippen molar-refractivity contribution >= 4 is 22.2 Å². The summed E-state index contributed by atoms with van der Waals surface area (Å²) < 4.78 is 2.02. The predicted octanol–water partition coefficient (Wildman–Crippen LogP) is 4.08. The van der Waals surface area contributed by atoms with Crippen molar-refractivity contribution in [2.24, 2.45) is 0 Å². The summed E-state index contributed by atoms with van der Waals surface area (Å²) in [5, 5.41) is 5.01. The molecule has 0 aliphatic heterocycles. The van der Waals surface area contributed by atoms with Crippen LogP contribution in [0.5, 0.6) is 0 Å². The molecule has 0 bridgehead atoms. The SMILES string of the molecule is CCc1ccc(-c2cn3c(CC(=O)NC(C)(C)C)csc3n2)cc1. The molecule has 3 rings (SSSR count). The van der Waals surface area contributed by atoms with Crippen molar-refractivity contribution < 1.29 is 4.79 Å². The van der Waals surface area contributed by atoms with Crippen LogP contribution in [0.2, 0.25) is 0 Å². The fourth-order valence-corrected chi connectivity index (χ4v) is 3.51. The van der Waals surface area contributed by atoms with Crippen molar-refractivity contribution in [3.8, 4) is 11.3 Å². The van der Waals surface area contributed by atoms with Gasteiger partial charge in [-0.05, 0) is 32.8 Å². The molecule has 126 valence electrons. The lowest BCUT2D eigenvalue weighted by molar-refractivity contribution is -0.121. The molecule has 0 aliphatic rings. The quantitative estimate of drug-likeness (QED) is 0.777. The van der Waals surface area contributed by atoms with Gasteiger partial charge in [-0.3, -0.25) is 9.20 Å². The number of benzene rings is 1. The highest BCUT2D eigenvalue weighted by molar-refractivity contribution is 7.15. The molecule has 1 N–H and O–H groups in total. The summed E-state index contributed by atoms with van der Waals surface area (Å²) in [4.78, 5) is 17.8. The Morgan fingerprint density at radius 2 is 1.96 bits per heavy atom. The van der Waals surface area contributed by atoms with Crippen LogP contribution in [-0.2, 0) is 17.6 Å². The summed E-state index contributed by atoms with van der Waals surface area (Å²) in [6.45, 7) is 8.12. The van der Waals surface area contributed by atoms with E-state index in [1.54, 1.807) is 11.3 Å². The average molecular weight is 341 g/mol. The minimum atomic E-state index is -0.215. The molecule has 0 aliphatic carbocycles. The number of hydrogen-bond donors (Lipinski definition) is 1. The lowest BCUT2D eigenvalue weighted by atomic mass is 10.1. The standard InChI is InChI=1S/C19H23N3OS/c1-5-13-6-8-14(9-7-13)16-11-22-15(12-24-18(22)20-16)10-17(23)21-19(2,3)4/h6-9,11-12H,5,10H2,1-4H3,(H,21,23). The monoisotopic (exact) mass is 341 g/mol. The van der Waals surface area contributed by atoms with Gasteiger partial charge in [0.2, 0.25) is 5.91 Å². The van der Waals surface area contributed by atoms with Crippen molar-refractivity contribution in [1.29, 1.82) is 0 Å². The molecule has 2 aromatic heterocycles. The Bertz CT molecular complexity index is 853. The van der Waals surface area contributed by atoms with Crippen LogP contribution in [0.25, 0.3) is 16.2 Å². The lowest BCUT2D eigenvalue weighted by Gasteiger charge is -2.20. The summed E-state index contributed by atoms with van der Waals surface area (Å²) >= 11 is 1.57. The topological polar surface area (TPSA) is 46.4 Å². The van der Waals surface area contributed by atoms with E-state index in [1.807, 2.05) is 36.7 Å². The number of aromatic nitrogens is 2. The highest BCUT2D eigenvalue weighted by Gasteiger charge is 2.16. The van der Waals surface area contributed by atoms with E-state index in [1.165, 1.54) is 5.56 Å². The van der Waals surface area contributed by atoms with Crippen LogP contribution in [0, 0.1) is 0 Å². The van der Waals surface area contributed by atoms with E-state index in [0.717, 1.165) is 28.3 Å². The van der Waals surface area contributed by atoms with E-state index < -0.39 is 0 Å². The first-order valence-electron chi connectivity index (χ1n) is 8.21. The number of nitrogens with one attached hydrogen (secondary N) is 1. The molecule has 24 heavy (non-hydrogen) atoms. The van der Waals surface area contributed by atoms with Crippen LogP contribution in [0.1, 0.15) is 39.0 Å². The number of carbonyl (C=O) groups excluding carboxylic acids is 1. The van der Waals surface area contributed by atoms with Crippen LogP contribution in [0.4, 0.5) is 0 Å². The Morgan fingerprint density at radius 3 is 2.58 bits per heavy atom. The third-order valence-electron chi connectivity index (χ3n) is 3.80. The number of amides is 1. The maximum absolute atomic E-state index is 12.2. The summed E-state index contributed by atoms with van der Waals surface area (Å²) in [7, 11) is 0. The van der Waals surface area contributed by atoms with E-state index in [4.69, 9.17) is 4.98 Å². The third kappa shape index (κ3) is 3.67.